The number of nitrogens with one attached hydrogen (secondary N) is 1. The molecule has 6 atom stereocenters. The van der Waals surface area contributed by atoms with Crippen LogP contribution in [0.25, 0.3) is 11.2 Å². The van der Waals surface area contributed by atoms with Gasteiger partial charge in [0.2, 0.25) is 0 Å². The van der Waals surface area contributed by atoms with Crippen molar-refractivity contribution >= 4 is 28.7 Å². The molecule has 0 saturated heterocycles. The molecule has 11 heteroatoms. The number of aliphatic hydroxyl groups excluding tert-OH is 2. The summed E-state index contributed by atoms with van der Waals surface area (Å²) in [6.07, 6.45) is 0.448. The molecule has 0 amide bonds. The molecule has 1 aromatic carbocycles. The molecule has 4 N–H and O–H groups in total. The Morgan fingerprint density at radius 2 is 1.92 bits per heavy atom. The van der Waals surface area contributed by atoms with Crippen LogP contribution in [0.3, 0.4) is 0 Å². The Hall–Kier alpha value is -2.31. The molecule has 0 radical (unpaired) electrons. The number of ether oxygens (including phenoxy) is 1. The van der Waals surface area contributed by atoms with Crippen molar-refractivity contribution < 1.29 is 20.1 Å². The number of benzene rings is 1. The zero-order valence-corrected chi connectivity index (χ0v) is 22.3. The van der Waals surface area contributed by atoms with E-state index in [2.05, 4.69) is 46.8 Å². The van der Waals surface area contributed by atoms with Crippen LogP contribution in [0.5, 0.6) is 0 Å². The molecule has 2 saturated carbocycles. The van der Waals surface area contributed by atoms with Gasteiger partial charge >= 0.3 is 0 Å². The van der Waals surface area contributed by atoms with E-state index < -0.39 is 23.9 Å². The molecular weight excluding hydrogens is 492 g/mol. The van der Waals surface area contributed by atoms with Gasteiger partial charge in [0.25, 0.3) is 0 Å². The van der Waals surface area contributed by atoms with Crippen molar-refractivity contribution in [1.29, 1.82) is 0 Å². The number of nitrogens with zero attached hydrogens (tertiary/aromatic N) is 5. The average molecular weight is 529 g/mol. The maximum Gasteiger partial charge on any atom is 0.191 e. The molecule has 2 fully saturated rings. The van der Waals surface area contributed by atoms with Crippen molar-refractivity contribution in [2.24, 2.45) is 5.92 Å². The van der Waals surface area contributed by atoms with Crippen LogP contribution in [0.4, 0.5) is 5.82 Å². The summed E-state index contributed by atoms with van der Waals surface area (Å²) in [5.74, 6) is 1.66. The van der Waals surface area contributed by atoms with Crippen molar-refractivity contribution in [3.05, 3.63) is 35.9 Å². The number of hydrogen-bond acceptors (Lipinski definition) is 10. The molecule has 2 aliphatic rings. The van der Waals surface area contributed by atoms with Crippen LogP contribution >= 0.6 is 11.8 Å². The molecule has 0 aliphatic heterocycles. The van der Waals surface area contributed by atoms with E-state index in [1.807, 2.05) is 6.07 Å². The summed E-state index contributed by atoms with van der Waals surface area (Å²) < 4.78 is 7.26. The van der Waals surface area contributed by atoms with E-state index in [1.54, 1.807) is 30.3 Å². The van der Waals surface area contributed by atoms with Crippen molar-refractivity contribution in [2.45, 2.75) is 81.0 Å². The van der Waals surface area contributed by atoms with E-state index in [9.17, 15) is 15.3 Å². The predicted octanol–water partition coefficient (Wildman–Crippen LogP) is 2.76. The number of rotatable bonds is 11. The summed E-state index contributed by atoms with van der Waals surface area (Å²) in [5.41, 5.74) is 1.44. The second-order valence-electron chi connectivity index (χ2n) is 10.8. The lowest BCUT2D eigenvalue weighted by Crippen LogP contribution is -2.33. The smallest absolute Gasteiger partial charge is 0.191 e. The Kier molecular flexibility index (Phi) is 7.69. The summed E-state index contributed by atoms with van der Waals surface area (Å²) in [6.45, 7) is 5.82. The highest BCUT2D eigenvalue weighted by atomic mass is 32.2. The minimum Gasteiger partial charge on any atom is -0.390 e. The third kappa shape index (κ3) is 5.91. The fraction of sp³-hybridized carbons (Fsp3) is 0.615. The summed E-state index contributed by atoms with van der Waals surface area (Å²) in [4.78, 5) is 9.52. The van der Waals surface area contributed by atoms with Crippen LogP contribution in [0, 0.1) is 5.92 Å². The van der Waals surface area contributed by atoms with E-state index in [1.165, 1.54) is 5.56 Å². The molecule has 0 bridgehead atoms. The third-order valence-electron chi connectivity index (χ3n) is 6.95. The van der Waals surface area contributed by atoms with Gasteiger partial charge in [-0.3, -0.25) is 0 Å². The largest absolute Gasteiger partial charge is 0.390 e. The van der Waals surface area contributed by atoms with Gasteiger partial charge in [-0.15, -0.1) is 5.10 Å². The number of aromatic nitrogens is 5. The highest BCUT2D eigenvalue weighted by Gasteiger charge is 2.44. The lowest BCUT2D eigenvalue weighted by Gasteiger charge is -2.20. The zero-order chi connectivity index (χ0) is 26.2. The summed E-state index contributed by atoms with van der Waals surface area (Å²) >= 11 is 1.58. The highest BCUT2D eigenvalue weighted by molar-refractivity contribution is 7.99. The Morgan fingerprint density at radius 1 is 1.14 bits per heavy atom. The first-order chi connectivity index (χ1) is 17.7. The molecule has 2 heterocycles. The number of anilines is 1. The van der Waals surface area contributed by atoms with Crippen LogP contribution in [0.2, 0.25) is 0 Å². The van der Waals surface area contributed by atoms with E-state index in [-0.39, 0.29) is 25.2 Å². The summed E-state index contributed by atoms with van der Waals surface area (Å²) in [7, 11) is 0. The fourth-order valence-electron chi connectivity index (χ4n) is 4.96. The number of aliphatic hydroxyl groups is 3. The Bertz CT molecular complexity index is 1200. The monoisotopic (exact) mass is 528 g/mol. The molecule has 10 nitrogen and oxygen atoms in total. The molecular formula is C26H36N6O4S. The van der Waals surface area contributed by atoms with Gasteiger partial charge in [0.15, 0.2) is 22.1 Å². The maximum atomic E-state index is 10.9. The molecule has 200 valence electrons. The van der Waals surface area contributed by atoms with Crippen molar-refractivity contribution in [1.82, 2.24) is 25.0 Å². The van der Waals surface area contributed by atoms with Gasteiger partial charge in [-0.05, 0) is 38.7 Å². The van der Waals surface area contributed by atoms with Crippen molar-refractivity contribution in [3.63, 3.8) is 0 Å². The highest BCUT2D eigenvalue weighted by Crippen LogP contribution is 2.43. The van der Waals surface area contributed by atoms with Crippen molar-refractivity contribution in [2.75, 3.05) is 24.3 Å². The minimum absolute atomic E-state index is 0.147. The number of thioether (sulfide) groups is 1. The van der Waals surface area contributed by atoms with Crippen LogP contribution < -0.4 is 5.32 Å². The van der Waals surface area contributed by atoms with E-state index >= 15 is 0 Å². The first-order valence-corrected chi connectivity index (χ1v) is 14.0. The summed E-state index contributed by atoms with van der Waals surface area (Å²) in [6, 6.07) is 10.2. The first-order valence-electron chi connectivity index (χ1n) is 13.0. The molecule has 2 aromatic heterocycles. The van der Waals surface area contributed by atoms with Gasteiger partial charge in [0, 0.05) is 23.6 Å². The topological polar surface area (TPSA) is 138 Å². The molecule has 6 unspecified atom stereocenters. The molecule has 3 aromatic rings. The number of hydrogen-bond donors (Lipinski definition) is 4. The lowest BCUT2D eigenvalue weighted by atomic mass is 10.1. The number of fused-ring (bicyclic) bond motifs is 1. The molecule has 37 heavy (non-hydrogen) atoms. The second-order valence-corrected chi connectivity index (χ2v) is 11.8. The minimum atomic E-state index is -1.04. The second kappa shape index (κ2) is 10.8. The van der Waals surface area contributed by atoms with Gasteiger partial charge in [-0.25, -0.2) is 14.6 Å². The van der Waals surface area contributed by atoms with Gasteiger partial charge in [-0.1, -0.05) is 54.2 Å². The molecule has 2 aliphatic carbocycles. The standard InChI is InChI=1S/C26H36N6O4S/c1-4-10-37-25-28-23(27-18-12-17(18)15-8-6-5-7-9-15)20-24(29-25)32(31-30-20)19-11-16(21(33)22(19)34)13-36-14-26(2,3)35/h5-9,16-19,21-22,33-35H,4,10-14H2,1-3H3,(H,27,28,29). The quantitative estimate of drug-likeness (QED) is 0.217. The lowest BCUT2D eigenvalue weighted by molar-refractivity contribution is -0.0529. The first kappa shape index (κ1) is 26.3. The van der Waals surface area contributed by atoms with Crippen LogP contribution in [-0.2, 0) is 4.74 Å². The van der Waals surface area contributed by atoms with Gasteiger partial charge in [0.1, 0.15) is 6.10 Å². The van der Waals surface area contributed by atoms with E-state index in [0.717, 1.165) is 18.6 Å². The van der Waals surface area contributed by atoms with Gasteiger partial charge in [0.05, 0.1) is 31.0 Å². The van der Waals surface area contributed by atoms with Crippen LogP contribution in [0.15, 0.2) is 35.5 Å². The van der Waals surface area contributed by atoms with Crippen LogP contribution in [-0.4, -0.2) is 83.1 Å². The Labute approximate surface area is 220 Å². The maximum absolute atomic E-state index is 10.9. The van der Waals surface area contributed by atoms with E-state index in [0.29, 0.717) is 34.5 Å². The SMILES string of the molecule is CCCSc1nc(NC2CC2c2ccccc2)c2nnn(C3CC(COCC(C)(C)O)C(O)C3O)c2n1. The fourth-order valence-corrected chi connectivity index (χ4v) is 5.65. The Balaban J connectivity index is 1.38. The van der Waals surface area contributed by atoms with Crippen LogP contribution in [0.1, 0.15) is 57.6 Å². The predicted molar refractivity (Wildman–Crippen MR) is 142 cm³/mol. The van der Waals surface area contributed by atoms with E-state index in [4.69, 9.17) is 14.7 Å². The molecule has 5 rings (SSSR count). The summed E-state index contributed by atoms with van der Waals surface area (Å²) in [5, 5.41) is 44.5. The molecule has 0 spiro atoms. The van der Waals surface area contributed by atoms with Gasteiger partial charge < -0.3 is 25.4 Å². The van der Waals surface area contributed by atoms with Gasteiger partial charge in [-0.2, -0.15) is 0 Å². The normalized spacial score (nSPS) is 27.6. The zero-order valence-electron chi connectivity index (χ0n) is 21.5. The third-order valence-corrected chi connectivity index (χ3v) is 8.00. The average Bonchev–Trinajstić information content (AvgIpc) is 3.42. The van der Waals surface area contributed by atoms with Crippen molar-refractivity contribution in [3.8, 4) is 0 Å². The Morgan fingerprint density at radius 3 is 2.65 bits per heavy atom.